The number of anilines is 1. The molecule has 7 heteroatoms. The van der Waals surface area contributed by atoms with Gasteiger partial charge < -0.3 is 15.2 Å². The molecule has 0 spiro atoms. The van der Waals surface area contributed by atoms with Crippen molar-refractivity contribution in [3.05, 3.63) is 12.4 Å². The molecule has 1 fully saturated rings. The molecular weight excluding hydrogens is 274 g/mol. The number of rotatable bonds is 4. The molecule has 116 valence electrons. The topological polar surface area (TPSA) is 93.5 Å². The molecule has 2 heterocycles. The first kappa shape index (κ1) is 15.5. The SMILES string of the molecule is CC1(C(=O)Nc2cnn(C(C)(C)C(=O)O)c2)CCCOC1. The van der Waals surface area contributed by atoms with Gasteiger partial charge in [0.25, 0.3) is 0 Å². The molecule has 0 bridgehead atoms. The third-order valence-electron chi connectivity index (χ3n) is 3.92. The first-order valence-corrected chi connectivity index (χ1v) is 6.93. The van der Waals surface area contributed by atoms with Gasteiger partial charge in [0.05, 0.1) is 23.9 Å². The summed E-state index contributed by atoms with van der Waals surface area (Å²) < 4.78 is 6.70. The Hall–Kier alpha value is -1.89. The van der Waals surface area contributed by atoms with E-state index in [2.05, 4.69) is 10.4 Å². The lowest BCUT2D eigenvalue weighted by atomic mass is 9.84. The number of aliphatic carboxylic acids is 1. The fourth-order valence-electron chi connectivity index (χ4n) is 2.19. The van der Waals surface area contributed by atoms with Crippen LogP contribution in [-0.2, 0) is 19.9 Å². The zero-order valence-corrected chi connectivity index (χ0v) is 12.5. The third-order valence-corrected chi connectivity index (χ3v) is 3.92. The maximum atomic E-state index is 12.3. The van der Waals surface area contributed by atoms with Crippen molar-refractivity contribution >= 4 is 17.6 Å². The summed E-state index contributed by atoms with van der Waals surface area (Å²) in [6.07, 6.45) is 4.61. The number of carbonyl (C=O) groups is 2. The first-order chi connectivity index (χ1) is 9.75. The molecule has 0 radical (unpaired) electrons. The molecule has 1 aromatic rings. The molecule has 1 unspecified atom stereocenters. The van der Waals surface area contributed by atoms with Crippen LogP contribution in [0.5, 0.6) is 0 Å². The number of hydrogen-bond donors (Lipinski definition) is 2. The van der Waals surface area contributed by atoms with Crippen LogP contribution in [0.3, 0.4) is 0 Å². The molecule has 7 nitrogen and oxygen atoms in total. The monoisotopic (exact) mass is 295 g/mol. The number of nitrogens with zero attached hydrogens (tertiary/aromatic N) is 2. The highest BCUT2D eigenvalue weighted by atomic mass is 16.5. The summed E-state index contributed by atoms with van der Waals surface area (Å²) in [5.41, 5.74) is -1.23. The molecule has 1 aliphatic heterocycles. The van der Waals surface area contributed by atoms with Gasteiger partial charge in [0.2, 0.25) is 5.91 Å². The smallest absolute Gasteiger partial charge is 0.331 e. The molecule has 1 saturated heterocycles. The fourth-order valence-corrected chi connectivity index (χ4v) is 2.19. The zero-order chi connectivity index (χ0) is 15.7. The van der Waals surface area contributed by atoms with Crippen LogP contribution in [0.2, 0.25) is 0 Å². The van der Waals surface area contributed by atoms with Crippen molar-refractivity contribution < 1.29 is 19.4 Å². The minimum absolute atomic E-state index is 0.130. The summed E-state index contributed by atoms with van der Waals surface area (Å²) in [5, 5.41) is 16.0. The Morgan fingerprint density at radius 1 is 1.52 bits per heavy atom. The van der Waals surface area contributed by atoms with E-state index >= 15 is 0 Å². The van der Waals surface area contributed by atoms with Crippen LogP contribution < -0.4 is 5.32 Å². The van der Waals surface area contributed by atoms with E-state index in [-0.39, 0.29) is 5.91 Å². The Morgan fingerprint density at radius 2 is 2.24 bits per heavy atom. The molecule has 21 heavy (non-hydrogen) atoms. The highest BCUT2D eigenvalue weighted by Crippen LogP contribution is 2.29. The van der Waals surface area contributed by atoms with Crippen molar-refractivity contribution in [1.82, 2.24) is 9.78 Å². The second-order valence-corrected chi connectivity index (χ2v) is 6.21. The lowest BCUT2D eigenvalue weighted by Crippen LogP contribution is -2.40. The number of carboxylic acids is 1. The number of ether oxygens (including phenoxy) is 1. The maximum Gasteiger partial charge on any atom is 0.331 e. The van der Waals surface area contributed by atoms with Gasteiger partial charge in [-0.2, -0.15) is 5.10 Å². The van der Waals surface area contributed by atoms with Crippen LogP contribution in [0.1, 0.15) is 33.6 Å². The third kappa shape index (κ3) is 3.07. The predicted molar refractivity (Wildman–Crippen MR) is 76.0 cm³/mol. The summed E-state index contributed by atoms with van der Waals surface area (Å²) in [4.78, 5) is 23.5. The van der Waals surface area contributed by atoms with Gasteiger partial charge in [-0.1, -0.05) is 0 Å². The van der Waals surface area contributed by atoms with E-state index in [1.807, 2.05) is 6.92 Å². The van der Waals surface area contributed by atoms with E-state index < -0.39 is 16.9 Å². The van der Waals surface area contributed by atoms with Gasteiger partial charge in [-0.05, 0) is 33.6 Å². The van der Waals surface area contributed by atoms with E-state index in [9.17, 15) is 9.59 Å². The minimum atomic E-state index is -1.17. The summed E-state index contributed by atoms with van der Waals surface area (Å²) in [6.45, 7) is 6.04. The Labute approximate surface area is 123 Å². The zero-order valence-electron chi connectivity index (χ0n) is 12.5. The molecule has 1 amide bonds. The highest BCUT2D eigenvalue weighted by molar-refractivity contribution is 5.95. The standard InChI is InChI=1S/C14H21N3O4/c1-13(2,12(19)20)17-8-10(7-15-17)16-11(18)14(3)5-4-6-21-9-14/h7-8H,4-6,9H2,1-3H3,(H,16,18)(H,19,20). The van der Waals surface area contributed by atoms with Gasteiger partial charge in [0.15, 0.2) is 5.54 Å². The lowest BCUT2D eigenvalue weighted by Gasteiger charge is -2.31. The number of amides is 1. The van der Waals surface area contributed by atoms with Gasteiger partial charge in [-0.15, -0.1) is 0 Å². The van der Waals surface area contributed by atoms with Crippen molar-refractivity contribution in [2.24, 2.45) is 5.41 Å². The van der Waals surface area contributed by atoms with Crippen molar-refractivity contribution in [3.8, 4) is 0 Å². The van der Waals surface area contributed by atoms with Crippen LogP contribution in [0, 0.1) is 5.41 Å². The van der Waals surface area contributed by atoms with E-state index in [4.69, 9.17) is 9.84 Å². The van der Waals surface area contributed by atoms with Gasteiger partial charge in [-0.3, -0.25) is 9.48 Å². The van der Waals surface area contributed by atoms with Crippen LogP contribution in [0.4, 0.5) is 5.69 Å². The van der Waals surface area contributed by atoms with Gasteiger partial charge >= 0.3 is 5.97 Å². The average Bonchev–Trinajstić information content (AvgIpc) is 2.88. The van der Waals surface area contributed by atoms with Crippen molar-refractivity contribution in [2.75, 3.05) is 18.5 Å². The van der Waals surface area contributed by atoms with Crippen LogP contribution in [-0.4, -0.2) is 40.0 Å². The Kier molecular flexibility index (Phi) is 4.04. The quantitative estimate of drug-likeness (QED) is 0.877. The summed E-state index contributed by atoms with van der Waals surface area (Å²) >= 11 is 0. The molecule has 0 aliphatic carbocycles. The minimum Gasteiger partial charge on any atom is -0.479 e. The molecule has 2 rings (SSSR count). The second-order valence-electron chi connectivity index (χ2n) is 6.21. The second kappa shape index (κ2) is 5.48. The predicted octanol–water partition coefficient (Wildman–Crippen LogP) is 1.46. The van der Waals surface area contributed by atoms with Gasteiger partial charge in [0.1, 0.15) is 0 Å². The maximum absolute atomic E-state index is 12.3. The molecule has 1 aromatic heterocycles. The van der Waals surface area contributed by atoms with Crippen molar-refractivity contribution in [1.29, 1.82) is 0 Å². The largest absolute Gasteiger partial charge is 0.479 e. The number of hydrogen-bond acceptors (Lipinski definition) is 4. The highest BCUT2D eigenvalue weighted by Gasteiger charge is 2.36. The number of nitrogens with one attached hydrogen (secondary N) is 1. The first-order valence-electron chi connectivity index (χ1n) is 6.93. The van der Waals surface area contributed by atoms with E-state index in [1.54, 1.807) is 13.8 Å². The van der Waals surface area contributed by atoms with E-state index in [0.717, 1.165) is 12.8 Å². The van der Waals surface area contributed by atoms with Crippen molar-refractivity contribution in [2.45, 2.75) is 39.2 Å². The van der Waals surface area contributed by atoms with Gasteiger partial charge in [-0.25, -0.2) is 4.79 Å². The Balaban J connectivity index is 2.09. The molecule has 1 atom stereocenters. The lowest BCUT2D eigenvalue weighted by molar-refractivity contribution is -0.146. The molecular formula is C14H21N3O4. The Bertz CT molecular complexity index is 544. The molecule has 2 N–H and O–H groups in total. The molecule has 0 aromatic carbocycles. The van der Waals surface area contributed by atoms with Crippen LogP contribution >= 0.6 is 0 Å². The number of carboxylic acid groups (broad SMARTS) is 1. The van der Waals surface area contributed by atoms with Crippen LogP contribution in [0.25, 0.3) is 0 Å². The van der Waals surface area contributed by atoms with E-state index in [1.165, 1.54) is 17.1 Å². The number of carbonyl (C=O) groups excluding carboxylic acids is 1. The fraction of sp³-hybridized carbons (Fsp3) is 0.643. The summed E-state index contributed by atoms with van der Waals surface area (Å²) in [6, 6.07) is 0. The van der Waals surface area contributed by atoms with Gasteiger partial charge in [0, 0.05) is 12.8 Å². The summed E-state index contributed by atoms with van der Waals surface area (Å²) in [5.74, 6) is -1.12. The number of aromatic nitrogens is 2. The van der Waals surface area contributed by atoms with E-state index in [0.29, 0.717) is 18.9 Å². The van der Waals surface area contributed by atoms with Crippen LogP contribution in [0.15, 0.2) is 12.4 Å². The van der Waals surface area contributed by atoms with Crippen molar-refractivity contribution in [3.63, 3.8) is 0 Å². The molecule has 1 aliphatic rings. The average molecular weight is 295 g/mol. The normalized spacial score (nSPS) is 22.8. The summed E-state index contributed by atoms with van der Waals surface area (Å²) in [7, 11) is 0. The molecule has 0 saturated carbocycles. The Morgan fingerprint density at radius 3 is 2.81 bits per heavy atom.